The van der Waals surface area contributed by atoms with Crippen LogP contribution in [-0.4, -0.2) is 27.3 Å². The molecule has 4 aromatic rings. The lowest BCUT2D eigenvalue weighted by atomic mass is 10.1. The van der Waals surface area contributed by atoms with Crippen LogP contribution >= 0.6 is 23.2 Å². The molecule has 0 saturated carbocycles. The number of aryl methyl sites for hydroxylation is 1. The van der Waals surface area contributed by atoms with Gasteiger partial charge in [0.15, 0.2) is 11.3 Å². The van der Waals surface area contributed by atoms with E-state index in [-0.39, 0.29) is 23.8 Å². The molecule has 2 aromatic heterocycles. The quantitative estimate of drug-likeness (QED) is 0.451. The second kappa shape index (κ2) is 8.13. The lowest BCUT2D eigenvalue weighted by Gasteiger charge is -2.21. The Bertz CT molecular complexity index is 1330. The molecule has 6 nitrogen and oxygen atoms in total. The van der Waals surface area contributed by atoms with Gasteiger partial charge in [-0.3, -0.25) is 9.59 Å². The predicted molar refractivity (Wildman–Crippen MR) is 118 cm³/mol. The Morgan fingerprint density at radius 2 is 2.00 bits per heavy atom. The molecule has 0 atom stereocenters. The number of aromatic nitrogens is 2. The number of halogens is 2. The number of benzene rings is 2. The van der Waals surface area contributed by atoms with Crippen LogP contribution in [0.1, 0.15) is 35.3 Å². The number of carbonyl (C=O) groups excluding carboxylic acids is 1. The number of para-hydroxylation sites is 1. The maximum atomic E-state index is 13.3. The van der Waals surface area contributed by atoms with E-state index in [1.165, 1.54) is 0 Å². The summed E-state index contributed by atoms with van der Waals surface area (Å²) in [5.41, 5.74) is 1.42. The maximum Gasteiger partial charge on any atom is 0.290 e. The van der Waals surface area contributed by atoms with Crippen molar-refractivity contribution in [2.24, 2.45) is 0 Å². The maximum absolute atomic E-state index is 13.3. The molecule has 1 N–H and O–H groups in total. The van der Waals surface area contributed by atoms with Crippen LogP contribution in [0, 0.1) is 6.92 Å². The molecular formula is C22H19Cl2N3O3. The molecule has 154 valence electrons. The van der Waals surface area contributed by atoms with Crippen LogP contribution in [0.2, 0.25) is 10.0 Å². The van der Waals surface area contributed by atoms with Crippen molar-refractivity contribution in [3.05, 3.63) is 73.9 Å². The zero-order valence-corrected chi connectivity index (χ0v) is 18.0. The van der Waals surface area contributed by atoms with Crippen molar-refractivity contribution >= 4 is 51.0 Å². The normalized spacial score (nSPS) is 11.3. The number of hydrogen-bond donors (Lipinski definition) is 1. The molecule has 0 bridgehead atoms. The molecule has 30 heavy (non-hydrogen) atoms. The van der Waals surface area contributed by atoms with E-state index in [1.54, 1.807) is 29.2 Å². The van der Waals surface area contributed by atoms with Crippen molar-refractivity contribution in [3.8, 4) is 0 Å². The van der Waals surface area contributed by atoms with Crippen LogP contribution in [0.4, 0.5) is 0 Å². The van der Waals surface area contributed by atoms with Gasteiger partial charge in [-0.05, 0) is 37.6 Å². The summed E-state index contributed by atoms with van der Waals surface area (Å²) in [7, 11) is 0. The lowest BCUT2D eigenvalue weighted by molar-refractivity contribution is 0.0708. The van der Waals surface area contributed by atoms with E-state index in [9.17, 15) is 9.59 Å². The number of H-pyrrole nitrogens is 1. The Balaban J connectivity index is 1.72. The van der Waals surface area contributed by atoms with Gasteiger partial charge in [0, 0.05) is 22.5 Å². The SMILES string of the molecule is CCCN(Cc1nc2cc(Cl)ccc2c(=O)[nH]1)C(=O)c1oc2c(Cl)cccc2c1C. The third-order valence-corrected chi connectivity index (χ3v) is 5.48. The molecule has 0 aliphatic carbocycles. The molecule has 2 heterocycles. The Hall–Kier alpha value is -2.83. The second-order valence-corrected chi connectivity index (χ2v) is 7.92. The van der Waals surface area contributed by atoms with Gasteiger partial charge in [-0.2, -0.15) is 0 Å². The summed E-state index contributed by atoms with van der Waals surface area (Å²) >= 11 is 12.3. The number of aromatic amines is 1. The fourth-order valence-electron chi connectivity index (χ4n) is 3.50. The smallest absolute Gasteiger partial charge is 0.290 e. The molecular weight excluding hydrogens is 425 g/mol. The van der Waals surface area contributed by atoms with Crippen molar-refractivity contribution in [3.63, 3.8) is 0 Å². The number of hydrogen-bond acceptors (Lipinski definition) is 4. The first-order valence-electron chi connectivity index (χ1n) is 9.54. The zero-order valence-electron chi connectivity index (χ0n) is 16.5. The summed E-state index contributed by atoms with van der Waals surface area (Å²) in [5, 5.41) is 2.19. The Labute approximate surface area is 182 Å². The van der Waals surface area contributed by atoms with E-state index in [1.807, 2.05) is 26.0 Å². The zero-order chi connectivity index (χ0) is 21.4. The standard InChI is InChI=1S/C22H19Cl2N3O3/c1-3-9-27(11-18-25-17-10-13(23)7-8-15(17)21(28)26-18)22(29)19-12(2)14-5-4-6-16(24)20(14)30-19/h4-8,10H,3,9,11H2,1-2H3,(H,25,26,28). The number of nitrogens with one attached hydrogen (secondary N) is 1. The monoisotopic (exact) mass is 443 g/mol. The molecule has 0 fully saturated rings. The van der Waals surface area contributed by atoms with Crippen molar-refractivity contribution in [2.45, 2.75) is 26.8 Å². The summed E-state index contributed by atoms with van der Waals surface area (Å²) in [5.74, 6) is 0.330. The highest BCUT2D eigenvalue weighted by atomic mass is 35.5. The molecule has 8 heteroatoms. The topological polar surface area (TPSA) is 79.2 Å². The fourth-order valence-corrected chi connectivity index (χ4v) is 3.87. The summed E-state index contributed by atoms with van der Waals surface area (Å²) in [4.78, 5) is 34.6. The molecule has 0 aliphatic heterocycles. The molecule has 0 saturated heterocycles. The fraction of sp³-hybridized carbons (Fsp3) is 0.227. The molecule has 0 aliphatic rings. The average Bonchev–Trinajstić information content (AvgIpc) is 3.05. The number of rotatable bonds is 5. The third kappa shape index (κ3) is 3.68. The minimum atomic E-state index is -0.282. The van der Waals surface area contributed by atoms with Crippen molar-refractivity contribution in [2.75, 3.05) is 6.54 Å². The van der Waals surface area contributed by atoms with Crippen LogP contribution in [0.15, 0.2) is 45.6 Å². The van der Waals surface area contributed by atoms with E-state index in [2.05, 4.69) is 9.97 Å². The number of amides is 1. The first-order chi connectivity index (χ1) is 14.4. The minimum absolute atomic E-state index is 0.134. The molecule has 0 spiro atoms. The summed E-state index contributed by atoms with van der Waals surface area (Å²) < 4.78 is 5.83. The largest absolute Gasteiger partial charge is 0.449 e. The van der Waals surface area contributed by atoms with Gasteiger partial charge in [-0.25, -0.2) is 4.98 Å². The van der Waals surface area contributed by atoms with Gasteiger partial charge in [-0.15, -0.1) is 0 Å². The lowest BCUT2D eigenvalue weighted by Crippen LogP contribution is -2.33. The molecule has 0 radical (unpaired) electrons. The molecule has 1 amide bonds. The van der Waals surface area contributed by atoms with E-state index in [0.717, 1.165) is 17.4 Å². The first-order valence-corrected chi connectivity index (χ1v) is 10.3. The highest BCUT2D eigenvalue weighted by molar-refractivity contribution is 6.35. The highest BCUT2D eigenvalue weighted by Gasteiger charge is 2.24. The highest BCUT2D eigenvalue weighted by Crippen LogP contribution is 2.31. The van der Waals surface area contributed by atoms with Crippen LogP contribution in [0.25, 0.3) is 21.9 Å². The van der Waals surface area contributed by atoms with Gasteiger partial charge >= 0.3 is 0 Å². The number of fused-ring (bicyclic) bond motifs is 2. The van der Waals surface area contributed by atoms with Crippen molar-refractivity contribution < 1.29 is 9.21 Å². The van der Waals surface area contributed by atoms with Gasteiger partial charge in [0.25, 0.3) is 11.5 Å². The summed E-state index contributed by atoms with van der Waals surface area (Å²) in [6.07, 6.45) is 0.732. The van der Waals surface area contributed by atoms with Gasteiger partial charge < -0.3 is 14.3 Å². The van der Waals surface area contributed by atoms with Crippen molar-refractivity contribution in [1.29, 1.82) is 0 Å². The molecule has 0 unspecified atom stereocenters. The van der Waals surface area contributed by atoms with Crippen LogP contribution in [-0.2, 0) is 6.54 Å². The van der Waals surface area contributed by atoms with E-state index in [4.69, 9.17) is 27.6 Å². The predicted octanol–water partition coefficient (Wildman–Crippen LogP) is 5.34. The van der Waals surface area contributed by atoms with Gasteiger partial charge in [0.2, 0.25) is 0 Å². The van der Waals surface area contributed by atoms with Gasteiger partial charge in [0.1, 0.15) is 5.82 Å². The number of nitrogens with zero attached hydrogens (tertiary/aromatic N) is 2. The minimum Gasteiger partial charge on any atom is -0.449 e. The van der Waals surface area contributed by atoms with Crippen molar-refractivity contribution in [1.82, 2.24) is 14.9 Å². The van der Waals surface area contributed by atoms with Crippen LogP contribution < -0.4 is 5.56 Å². The number of carbonyl (C=O) groups is 1. The molecule has 4 rings (SSSR count). The van der Waals surface area contributed by atoms with Gasteiger partial charge in [-0.1, -0.05) is 42.3 Å². The van der Waals surface area contributed by atoms with Crippen LogP contribution in [0.3, 0.4) is 0 Å². The Morgan fingerprint density at radius 3 is 2.73 bits per heavy atom. The molecule has 2 aromatic carbocycles. The first kappa shape index (κ1) is 20.4. The number of furan rings is 1. The van der Waals surface area contributed by atoms with E-state index >= 15 is 0 Å². The van der Waals surface area contributed by atoms with E-state index < -0.39 is 0 Å². The summed E-state index contributed by atoms with van der Waals surface area (Å²) in [6.45, 7) is 4.41. The van der Waals surface area contributed by atoms with E-state index in [0.29, 0.717) is 38.9 Å². The second-order valence-electron chi connectivity index (χ2n) is 7.07. The summed E-state index contributed by atoms with van der Waals surface area (Å²) in [6, 6.07) is 10.3. The Morgan fingerprint density at radius 1 is 1.20 bits per heavy atom. The average molecular weight is 444 g/mol. The third-order valence-electron chi connectivity index (χ3n) is 4.95. The Kier molecular flexibility index (Phi) is 5.54. The van der Waals surface area contributed by atoms with Crippen LogP contribution in [0.5, 0.6) is 0 Å². The van der Waals surface area contributed by atoms with Gasteiger partial charge in [0.05, 0.1) is 22.5 Å².